The molecule has 84 valence electrons. The molecule has 0 atom stereocenters. The van der Waals surface area contributed by atoms with Crippen LogP contribution in [0.15, 0.2) is 28.7 Å². The zero-order valence-electron chi connectivity index (χ0n) is 8.84. The van der Waals surface area contributed by atoms with E-state index in [0.29, 0.717) is 21.7 Å². The van der Waals surface area contributed by atoms with Crippen LogP contribution in [0.4, 0.5) is 0 Å². The first-order chi connectivity index (χ1) is 8.29. The van der Waals surface area contributed by atoms with Crippen LogP contribution < -0.4 is 5.56 Å². The highest BCUT2D eigenvalue weighted by Gasteiger charge is 2.08. The molecule has 7 heteroatoms. The third kappa shape index (κ3) is 1.55. The van der Waals surface area contributed by atoms with Gasteiger partial charge in [0.25, 0.3) is 5.56 Å². The number of hydrogen-bond donors (Lipinski definition) is 1. The third-order valence-corrected chi connectivity index (χ3v) is 2.96. The molecule has 0 aliphatic rings. The van der Waals surface area contributed by atoms with Crippen LogP contribution >= 0.6 is 11.8 Å². The summed E-state index contributed by atoms with van der Waals surface area (Å²) in [4.78, 5) is 30.8. The van der Waals surface area contributed by atoms with Gasteiger partial charge in [-0.15, -0.1) is 0 Å². The van der Waals surface area contributed by atoms with Crippen LogP contribution in [-0.2, 0) is 0 Å². The molecule has 17 heavy (non-hydrogen) atoms. The van der Waals surface area contributed by atoms with Crippen molar-refractivity contribution < 1.29 is 0 Å². The Hall–Kier alpha value is -2.02. The Morgan fingerprint density at radius 1 is 1.24 bits per heavy atom. The van der Waals surface area contributed by atoms with Crippen molar-refractivity contribution in [1.82, 2.24) is 24.9 Å². The first-order valence-electron chi connectivity index (χ1n) is 4.82. The summed E-state index contributed by atoms with van der Waals surface area (Å²) in [5, 5.41) is 1.79. The van der Waals surface area contributed by atoms with E-state index in [9.17, 15) is 4.79 Å². The molecule has 0 aliphatic carbocycles. The Morgan fingerprint density at radius 2 is 2.12 bits per heavy atom. The molecule has 0 aromatic carbocycles. The van der Waals surface area contributed by atoms with Gasteiger partial charge in [-0.2, -0.15) is 0 Å². The summed E-state index contributed by atoms with van der Waals surface area (Å²) in [6.07, 6.45) is 6.44. The van der Waals surface area contributed by atoms with Crippen molar-refractivity contribution in [2.24, 2.45) is 0 Å². The monoisotopic (exact) mass is 245 g/mol. The largest absolute Gasteiger partial charge is 0.306 e. The quantitative estimate of drug-likeness (QED) is 0.391. The average Bonchev–Trinajstić information content (AvgIpc) is 2.38. The van der Waals surface area contributed by atoms with Crippen LogP contribution in [0.3, 0.4) is 0 Å². The van der Waals surface area contributed by atoms with Gasteiger partial charge in [0.1, 0.15) is 12.0 Å². The lowest BCUT2D eigenvalue weighted by molar-refractivity contribution is 1.00. The molecule has 3 aromatic rings. The van der Waals surface area contributed by atoms with Gasteiger partial charge in [-0.05, 0) is 6.26 Å². The van der Waals surface area contributed by atoms with Crippen molar-refractivity contribution in [2.75, 3.05) is 6.26 Å². The number of rotatable bonds is 1. The number of pyridine rings is 1. The molecule has 3 rings (SSSR count). The number of H-pyrrole nitrogens is 1. The minimum Gasteiger partial charge on any atom is -0.306 e. The van der Waals surface area contributed by atoms with Crippen molar-refractivity contribution in [3.05, 3.63) is 29.1 Å². The fourth-order valence-corrected chi connectivity index (χ4v) is 1.95. The van der Waals surface area contributed by atoms with E-state index in [1.807, 2.05) is 6.26 Å². The molecule has 0 saturated heterocycles. The second-order valence-corrected chi connectivity index (χ2v) is 4.13. The Bertz CT molecular complexity index is 769. The molecule has 0 bridgehead atoms. The molecular weight excluding hydrogens is 238 g/mol. The maximum atomic E-state index is 11.8. The molecule has 0 aliphatic heterocycles. The third-order valence-electron chi connectivity index (χ3n) is 2.39. The molecule has 0 spiro atoms. The van der Waals surface area contributed by atoms with E-state index in [0.717, 1.165) is 5.39 Å². The number of aromatic nitrogens is 5. The maximum Gasteiger partial charge on any atom is 0.260 e. The predicted octanol–water partition coefficient (Wildman–Crippen LogP) is 0.983. The van der Waals surface area contributed by atoms with Gasteiger partial charge in [0.05, 0.1) is 16.3 Å². The molecular formula is C10H7N5OS. The molecule has 6 nitrogen and oxygen atoms in total. The zero-order chi connectivity index (χ0) is 11.8. The highest BCUT2D eigenvalue weighted by molar-refractivity contribution is 7.98. The molecule has 0 unspecified atom stereocenters. The highest BCUT2D eigenvalue weighted by atomic mass is 32.2. The Balaban J connectivity index is 2.57. The molecule has 3 aromatic heterocycles. The molecule has 3 heterocycles. The summed E-state index contributed by atoms with van der Waals surface area (Å²) < 4.78 is 0. The topological polar surface area (TPSA) is 84.4 Å². The summed E-state index contributed by atoms with van der Waals surface area (Å²) in [5.74, 6) is 0. The van der Waals surface area contributed by atoms with Crippen molar-refractivity contribution in [3.63, 3.8) is 0 Å². The van der Waals surface area contributed by atoms with Gasteiger partial charge in [0.15, 0.2) is 5.16 Å². The van der Waals surface area contributed by atoms with Crippen molar-refractivity contribution in [1.29, 1.82) is 0 Å². The summed E-state index contributed by atoms with van der Waals surface area (Å²) in [6.45, 7) is 0. The van der Waals surface area contributed by atoms with E-state index in [-0.39, 0.29) is 5.56 Å². The van der Waals surface area contributed by atoms with Crippen LogP contribution in [0, 0.1) is 0 Å². The lowest BCUT2D eigenvalue weighted by Gasteiger charge is -2.02. The number of nitrogens with one attached hydrogen (secondary N) is 1. The molecule has 0 fully saturated rings. The lowest BCUT2D eigenvalue weighted by atomic mass is 10.2. The fraction of sp³-hybridized carbons (Fsp3) is 0.100. The van der Waals surface area contributed by atoms with Gasteiger partial charge in [0, 0.05) is 12.4 Å². The minimum atomic E-state index is -0.237. The van der Waals surface area contributed by atoms with E-state index in [1.54, 1.807) is 6.20 Å². The second-order valence-electron chi connectivity index (χ2n) is 3.36. The Morgan fingerprint density at radius 3 is 2.94 bits per heavy atom. The maximum absolute atomic E-state index is 11.8. The molecule has 0 saturated carbocycles. The van der Waals surface area contributed by atoms with Gasteiger partial charge in [-0.25, -0.2) is 19.9 Å². The van der Waals surface area contributed by atoms with Crippen LogP contribution in [0.25, 0.3) is 21.9 Å². The summed E-state index contributed by atoms with van der Waals surface area (Å²) in [7, 11) is 0. The Labute approximate surface area is 99.5 Å². The van der Waals surface area contributed by atoms with Crippen LogP contribution in [0.1, 0.15) is 0 Å². The van der Waals surface area contributed by atoms with Gasteiger partial charge in [-0.3, -0.25) is 4.79 Å². The molecule has 1 N–H and O–H groups in total. The zero-order valence-corrected chi connectivity index (χ0v) is 9.65. The number of hydrogen-bond acceptors (Lipinski definition) is 6. The van der Waals surface area contributed by atoms with E-state index < -0.39 is 0 Å². The van der Waals surface area contributed by atoms with E-state index in [2.05, 4.69) is 24.9 Å². The average molecular weight is 245 g/mol. The van der Waals surface area contributed by atoms with E-state index in [1.165, 1.54) is 24.3 Å². The van der Waals surface area contributed by atoms with Crippen LogP contribution in [0.5, 0.6) is 0 Å². The van der Waals surface area contributed by atoms with Crippen LogP contribution in [0.2, 0.25) is 0 Å². The summed E-state index contributed by atoms with van der Waals surface area (Å²) in [5.41, 5.74) is 0.839. The highest BCUT2D eigenvalue weighted by Crippen LogP contribution is 2.18. The van der Waals surface area contributed by atoms with Gasteiger partial charge >= 0.3 is 0 Å². The van der Waals surface area contributed by atoms with E-state index in [4.69, 9.17) is 0 Å². The van der Waals surface area contributed by atoms with Gasteiger partial charge < -0.3 is 4.98 Å². The fourth-order valence-electron chi connectivity index (χ4n) is 1.61. The summed E-state index contributed by atoms with van der Waals surface area (Å²) >= 11 is 1.42. The number of nitrogens with zero attached hydrogens (tertiary/aromatic N) is 4. The Kier molecular flexibility index (Phi) is 2.25. The standard InChI is InChI=1S/C10H7N5OS/c1-17-10-12-3-6-7(14-10)5-2-11-4-13-8(5)15-9(6)16/h2-4H,1H3,(H,11,13,15,16). The molecule has 0 radical (unpaired) electrons. The lowest BCUT2D eigenvalue weighted by Crippen LogP contribution is -2.09. The van der Waals surface area contributed by atoms with E-state index >= 15 is 0 Å². The van der Waals surface area contributed by atoms with Crippen LogP contribution in [-0.4, -0.2) is 31.2 Å². The van der Waals surface area contributed by atoms with Gasteiger partial charge in [-0.1, -0.05) is 11.8 Å². The SMILES string of the molecule is CSc1ncc2c(=O)[nH]c3ncncc3c2n1. The number of fused-ring (bicyclic) bond motifs is 3. The minimum absolute atomic E-state index is 0.237. The normalized spacial score (nSPS) is 11.1. The first-order valence-corrected chi connectivity index (χ1v) is 6.05. The number of thioether (sulfide) groups is 1. The predicted molar refractivity (Wildman–Crippen MR) is 65.0 cm³/mol. The smallest absolute Gasteiger partial charge is 0.260 e. The van der Waals surface area contributed by atoms with Crippen molar-refractivity contribution in [3.8, 4) is 0 Å². The number of aromatic amines is 1. The van der Waals surface area contributed by atoms with Gasteiger partial charge in [0.2, 0.25) is 0 Å². The first kappa shape index (κ1) is 10.2. The van der Waals surface area contributed by atoms with Crippen molar-refractivity contribution in [2.45, 2.75) is 5.16 Å². The summed E-state index contributed by atoms with van der Waals surface area (Å²) in [6, 6.07) is 0. The molecule has 0 amide bonds. The van der Waals surface area contributed by atoms with Crippen molar-refractivity contribution >= 4 is 33.7 Å². The second kappa shape index (κ2) is 3.77.